The monoisotopic (exact) mass is 500 g/mol. The van der Waals surface area contributed by atoms with Crippen molar-refractivity contribution in [3.8, 4) is 0 Å². The lowest BCUT2D eigenvalue weighted by atomic mass is 10.1. The first kappa shape index (κ1) is 14.3. The minimum Gasteiger partial charge on any atom is -0.131 e. The molecule has 90 valence electrons. The SMILES string of the molecule is Cc1cc(C(Br)c2cc(Br)cc(Br)c2)sc1Br. The molecule has 0 aliphatic rings. The van der Waals surface area contributed by atoms with E-state index in [4.69, 9.17) is 0 Å². The van der Waals surface area contributed by atoms with E-state index in [1.165, 1.54) is 19.8 Å². The molecule has 5 heteroatoms. The largest absolute Gasteiger partial charge is 0.131 e. The van der Waals surface area contributed by atoms with Crippen LogP contribution in [0.15, 0.2) is 37.0 Å². The van der Waals surface area contributed by atoms with Crippen molar-refractivity contribution in [1.29, 1.82) is 0 Å². The van der Waals surface area contributed by atoms with Gasteiger partial charge in [-0.1, -0.05) is 47.8 Å². The van der Waals surface area contributed by atoms with E-state index in [9.17, 15) is 0 Å². The van der Waals surface area contributed by atoms with Crippen LogP contribution in [0.2, 0.25) is 0 Å². The quantitative estimate of drug-likeness (QED) is 0.394. The Morgan fingerprint density at radius 2 is 1.59 bits per heavy atom. The summed E-state index contributed by atoms with van der Waals surface area (Å²) in [4.78, 5) is 1.53. The summed E-state index contributed by atoms with van der Waals surface area (Å²) in [5.41, 5.74) is 2.52. The van der Waals surface area contributed by atoms with Gasteiger partial charge in [-0.2, -0.15) is 0 Å². The highest BCUT2D eigenvalue weighted by Crippen LogP contribution is 2.40. The average molecular weight is 504 g/mol. The Hall–Kier alpha value is 0.840. The Morgan fingerprint density at radius 3 is 2.06 bits per heavy atom. The molecule has 1 unspecified atom stereocenters. The summed E-state index contributed by atoms with van der Waals surface area (Å²) < 4.78 is 3.36. The zero-order valence-corrected chi connectivity index (χ0v) is 16.0. The van der Waals surface area contributed by atoms with E-state index < -0.39 is 0 Å². The van der Waals surface area contributed by atoms with E-state index in [0.29, 0.717) is 0 Å². The number of rotatable bonds is 2. The molecule has 0 amide bonds. The number of benzene rings is 1. The third-order valence-corrected chi connectivity index (χ3v) is 6.75. The molecule has 0 spiro atoms. The highest BCUT2D eigenvalue weighted by molar-refractivity contribution is 9.11. The van der Waals surface area contributed by atoms with Crippen molar-refractivity contribution in [2.75, 3.05) is 0 Å². The fourth-order valence-electron chi connectivity index (χ4n) is 1.49. The number of hydrogen-bond donors (Lipinski definition) is 0. The molecule has 0 bridgehead atoms. The van der Waals surface area contributed by atoms with Crippen LogP contribution in [-0.4, -0.2) is 0 Å². The van der Waals surface area contributed by atoms with Gasteiger partial charge in [0.15, 0.2) is 0 Å². The van der Waals surface area contributed by atoms with E-state index in [0.717, 1.165) is 8.95 Å². The van der Waals surface area contributed by atoms with E-state index in [1.54, 1.807) is 11.3 Å². The van der Waals surface area contributed by atoms with E-state index in [1.807, 2.05) is 6.07 Å². The van der Waals surface area contributed by atoms with Gasteiger partial charge >= 0.3 is 0 Å². The molecule has 2 rings (SSSR count). The van der Waals surface area contributed by atoms with Crippen LogP contribution in [0.3, 0.4) is 0 Å². The number of halogens is 4. The average Bonchev–Trinajstić information content (AvgIpc) is 2.57. The van der Waals surface area contributed by atoms with Crippen molar-refractivity contribution >= 4 is 75.1 Å². The molecule has 1 atom stereocenters. The highest BCUT2D eigenvalue weighted by atomic mass is 79.9. The summed E-state index contributed by atoms with van der Waals surface area (Å²) in [7, 11) is 0. The fourth-order valence-corrected chi connectivity index (χ4v) is 5.08. The number of hydrogen-bond acceptors (Lipinski definition) is 1. The first-order valence-corrected chi connectivity index (χ1v) is 8.94. The molecule has 0 aliphatic carbocycles. The first-order chi connectivity index (χ1) is 7.97. The predicted molar refractivity (Wildman–Crippen MR) is 89.4 cm³/mol. The van der Waals surface area contributed by atoms with Crippen molar-refractivity contribution in [3.05, 3.63) is 53.0 Å². The Kier molecular flexibility index (Phi) is 4.92. The smallest absolute Gasteiger partial charge is 0.0739 e. The van der Waals surface area contributed by atoms with Crippen LogP contribution in [0.4, 0.5) is 0 Å². The van der Waals surface area contributed by atoms with Crippen LogP contribution in [-0.2, 0) is 0 Å². The van der Waals surface area contributed by atoms with Crippen molar-refractivity contribution in [2.45, 2.75) is 11.8 Å². The Bertz CT molecular complexity index is 508. The Morgan fingerprint density at radius 1 is 1.00 bits per heavy atom. The molecule has 0 aliphatic heterocycles. The van der Waals surface area contributed by atoms with Crippen LogP contribution in [0.25, 0.3) is 0 Å². The molecule has 1 aromatic carbocycles. The van der Waals surface area contributed by atoms with E-state index in [-0.39, 0.29) is 4.83 Å². The van der Waals surface area contributed by atoms with Gasteiger partial charge in [-0.05, 0) is 58.2 Å². The molecule has 0 nitrogen and oxygen atoms in total. The molecule has 17 heavy (non-hydrogen) atoms. The molecule has 2 aromatic rings. The molecule has 0 saturated heterocycles. The second-order valence-corrected chi connectivity index (χ2v) is 8.82. The Balaban J connectivity index is 2.39. The van der Waals surface area contributed by atoms with Gasteiger partial charge in [0.25, 0.3) is 0 Å². The lowest BCUT2D eigenvalue weighted by Crippen LogP contribution is -1.89. The molecule has 1 aromatic heterocycles. The molecule has 0 fully saturated rings. The van der Waals surface area contributed by atoms with Gasteiger partial charge in [0.2, 0.25) is 0 Å². The van der Waals surface area contributed by atoms with Crippen LogP contribution >= 0.6 is 75.1 Å². The summed E-state index contributed by atoms with van der Waals surface area (Å²) in [6, 6.07) is 8.52. The van der Waals surface area contributed by atoms with Gasteiger partial charge in [0, 0.05) is 13.8 Å². The second kappa shape index (κ2) is 5.87. The molecule has 0 saturated carbocycles. The molecular formula is C12H8Br4S. The van der Waals surface area contributed by atoms with E-state index >= 15 is 0 Å². The highest BCUT2D eigenvalue weighted by Gasteiger charge is 2.15. The van der Waals surface area contributed by atoms with Gasteiger partial charge in [-0.25, -0.2) is 0 Å². The van der Waals surface area contributed by atoms with Crippen LogP contribution in [0, 0.1) is 6.92 Å². The molecule has 0 radical (unpaired) electrons. The van der Waals surface area contributed by atoms with Gasteiger partial charge < -0.3 is 0 Å². The predicted octanol–water partition coefficient (Wildman–Crippen LogP) is 6.83. The molecular weight excluding hydrogens is 496 g/mol. The minimum atomic E-state index is 0.228. The Labute approximate surface area is 138 Å². The zero-order valence-electron chi connectivity index (χ0n) is 8.81. The number of thiophene rings is 1. The fraction of sp³-hybridized carbons (Fsp3) is 0.167. The van der Waals surface area contributed by atoms with Crippen LogP contribution in [0.5, 0.6) is 0 Å². The van der Waals surface area contributed by atoms with E-state index in [2.05, 4.69) is 88.8 Å². The summed E-state index contributed by atoms with van der Waals surface area (Å²) in [6.45, 7) is 2.11. The number of aryl methyl sites for hydroxylation is 1. The second-order valence-electron chi connectivity index (χ2n) is 3.67. The summed E-state index contributed by atoms with van der Waals surface area (Å²) in [5.74, 6) is 0. The third kappa shape index (κ3) is 3.44. The summed E-state index contributed by atoms with van der Waals surface area (Å²) in [5, 5.41) is 0. The van der Waals surface area contributed by atoms with Crippen molar-refractivity contribution in [2.24, 2.45) is 0 Å². The van der Waals surface area contributed by atoms with Crippen LogP contribution in [0.1, 0.15) is 20.8 Å². The van der Waals surface area contributed by atoms with Crippen molar-refractivity contribution in [1.82, 2.24) is 0 Å². The van der Waals surface area contributed by atoms with Crippen molar-refractivity contribution < 1.29 is 0 Å². The minimum absolute atomic E-state index is 0.228. The maximum atomic E-state index is 3.76. The zero-order chi connectivity index (χ0) is 12.6. The molecule has 0 N–H and O–H groups in total. The summed E-state index contributed by atoms with van der Waals surface area (Å²) >= 11 is 16.1. The topological polar surface area (TPSA) is 0 Å². The first-order valence-electron chi connectivity index (χ1n) is 4.83. The van der Waals surface area contributed by atoms with Gasteiger partial charge in [0.1, 0.15) is 0 Å². The lowest BCUT2D eigenvalue weighted by molar-refractivity contribution is 1.21. The third-order valence-electron chi connectivity index (χ3n) is 2.30. The lowest BCUT2D eigenvalue weighted by Gasteiger charge is -2.09. The maximum Gasteiger partial charge on any atom is 0.0739 e. The molecule has 1 heterocycles. The van der Waals surface area contributed by atoms with Crippen LogP contribution < -0.4 is 0 Å². The maximum absolute atomic E-state index is 3.76. The van der Waals surface area contributed by atoms with Gasteiger partial charge in [-0.3, -0.25) is 0 Å². The van der Waals surface area contributed by atoms with Crippen molar-refractivity contribution in [3.63, 3.8) is 0 Å². The van der Waals surface area contributed by atoms with Gasteiger partial charge in [-0.15, -0.1) is 11.3 Å². The standard InChI is InChI=1S/C12H8Br4S/c1-6-2-10(17-12(6)16)11(15)7-3-8(13)5-9(14)4-7/h2-5,11H,1H3. The number of alkyl halides is 1. The summed E-state index contributed by atoms with van der Waals surface area (Å²) in [6.07, 6.45) is 0. The normalized spacial score (nSPS) is 12.8. The van der Waals surface area contributed by atoms with Gasteiger partial charge in [0.05, 0.1) is 8.61 Å².